The maximum atomic E-state index is 10.6. The number of carbonyl (C=O) groups excluding carboxylic acids is 1. The summed E-state index contributed by atoms with van der Waals surface area (Å²) in [6.07, 6.45) is 0. The van der Waals surface area contributed by atoms with Crippen molar-refractivity contribution in [2.24, 2.45) is 5.73 Å². The molecule has 1 aromatic carbocycles. The Morgan fingerprint density at radius 1 is 1.40 bits per heavy atom. The molecule has 3 N–H and O–H groups in total. The van der Waals surface area contributed by atoms with Gasteiger partial charge in [0.15, 0.2) is 0 Å². The molecular weight excluding hydrogens is 188 g/mol. The van der Waals surface area contributed by atoms with Gasteiger partial charge < -0.3 is 11.1 Å². The van der Waals surface area contributed by atoms with Crippen molar-refractivity contribution in [3.63, 3.8) is 0 Å². The summed E-state index contributed by atoms with van der Waals surface area (Å²) in [7, 11) is 0. The number of aryl methyl sites for hydroxylation is 2. The van der Waals surface area contributed by atoms with Crippen LogP contribution in [0.15, 0.2) is 18.2 Å². The minimum atomic E-state index is -0.328. The minimum Gasteiger partial charge on any atom is -0.369 e. The van der Waals surface area contributed by atoms with Crippen molar-refractivity contribution in [2.45, 2.75) is 26.8 Å². The van der Waals surface area contributed by atoms with E-state index in [1.165, 1.54) is 16.7 Å². The molecule has 0 aliphatic heterocycles. The fourth-order valence-corrected chi connectivity index (χ4v) is 1.41. The highest BCUT2D eigenvalue weighted by Crippen LogP contribution is 2.16. The Morgan fingerprint density at radius 3 is 2.60 bits per heavy atom. The molecule has 0 spiro atoms. The molecule has 82 valence electrons. The van der Waals surface area contributed by atoms with Gasteiger partial charge in [-0.05, 0) is 37.5 Å². The molecule has 0 fully saturated rings. The molecule has 1 aromatic rings. The van der Waals surface area contributed by atoms with E-state index < -0.39 is 0 Å². The van der Waals surface area contributed by atoms with Crippen LogP contribution in [0.5, 0.6) is 0 Å². The molecule has 0 bridgehead atoms. The van der Waals surface area contributed by atoms with Gasteiger partial charge >= 0.3 is 0 Å². The van der Waals surface area contributed by atoms with E-state index in [9.17, 15) is 4.79 Å². The standard InChI is InChI=1S/C12H18N2O/c1-8-4-5-11(6-9(8)2)10(3)14-7-12(13)15/h4-6,10,14H,7H2,1-3H3,(H2,13,15)/t10-/m0/s1. The lowest BCUT2D eigenvalue weighted by atomic mass is 10.0. The quantitative estimate of drug-likeness (QED) is 0.783. The van der Waals surface area contributed by atoms with Crippen LogP contribution in [0.25, 0.3) is 0 Å². The van der Waals surface area contributed by atoms with Crippen molar-refractivity contribution in [3.05, 3.63) is 34.9 Å². The van der Waals surface area contributed by atoms with Crippen LogP contribution in [0, 0.1) is 13.8 Å². The molecule has 1 rings (SSSR count). The molecule has 0 aliphatic rings. The summed E-state index contributed by atoms with van der Waals surface area (Å²) < 4.78 is 0. The van der Waals surface area contributed by atoms with E-state index in [1.54, 1.807) is 0 Å². The Hall–Kier alpha value is -1.35. The topological polar surface area (TPSA) is 55.1 Å². The molecule has 15 heavy (non-hydrogen) atoms. The average Bonchev–Trinajstić information content (AvgIpc) is 2.18. The molecule has 3 nitrogen and oxygen atoms in total. The average molecular weight is 206 g/mol. The summed E-state index contributed by atoms with van der Waals surface area (Å²) in [5, 5.41) is 3.07. The van der Waals surface area contributed by atoms with Crippen molar-refractivity contribution < 1.29 is 4.79 Å². The van der Waals surface area contributed by atoms with Crippen LogP contribution in [0.3, 0.4) is 0 Å². The second kappa shape index (κ2) is 4.94. The first-order valence-corrected chi connectivity index (χ1v) is 5.09. The Labute approximate surface area is 90.7 Å². The summed E-state index contributed by atoms with van der Waals surface area (Å²) in [6, 6.07) is 6.44. The van der Waals surface area contributed by atoms with E-state index in [1.807, 2.05) is 6.92 Å². The minimum absolute atomic E-state index is 0.150. The van der Waals surface area contributed by atoms with Crippen LogP contribution >= 0.6 is 0 Å². The van der Waals surface area contributed by atoms with Crippen LogP contribution in [0.2, 0.25) is 0 Å². The number of amides is 1. The molecular formula is C12H18N2O. The largest absolute Gasteiger partial charge is 0.369 e. The van der Waals surface area contributed by atoms with Gasteiger partial charge in [0.05, 0.1) is 6.54 Å². The highest BCUT2D eigenvalue weighted by atomic mass is 16.1. The highest BCUT2D eigenvalue weighted by molar-refractivity contribution is 5.75. The Balaban J connectivity index is 2.69. The number of primary amides is 1. The lowest BCUT2D eigenvalue weighted by Gasteiger charge is -2.14. The fraction of sp³-hybridized carbons (Fsp3) is 0.417. The Kier molecular flexibility index (Phi) is 3.86. The zero-order valence-corrected chi connectivity index (χ0v) is 9.50. The molecule has 1 atom stereocenters. The molecule has 0 heterocycles. The highest BCUT2D eigenvalue weighted by Gasteiger charge is 2.06. The number of nitrogens with two attached hydrogens (primary N) is 1. The molecule has 0 saturated carbocycles. The predicted molar refractivity (Wildman–Crippen MR) is 61.5 cm³/mol. The van der Waals surface area contributed by atoms with E-state index in [2.05, 4.69) is 37.4 Å². The summed E-state index contributed by atoms with van der Waals surface area (Å²) in [6.45, 7) is 6.40. The summed E-state index contributed by atoms with van der Waals surface area (Å²) >= 11 is 0. The first-order chi connectivity index (χ1) is 7.00. The van der Waals surface area contributed by atoms with E-state index in [0.29, 0.717) is 0 Å². The number of hydrogen-bond donors (Lipinski definition) is 2. The summed E-state index contributed by atoms with van der Waals surface area (Å²) in [5.74, 6) is -0.328. The normalized spacial score (nSPS) is 12.5. The second-order valence-electron chi connectivity index (χ2n) is 3.91. The van der Waals surface area contributed by atoms with Gasteiger partial charge in [-0.1, -0.05) is 18.2 Å². The zero-order valence-electron chi connectivity index (χ0n) is 9.50. The SMILES string of the molecule is Cc1ccc([C@H](C)NCC(N)=O)cc1C. The van der Waals surface area contributed by atoms with Gasteiger partial charge in [0.1, 0.15) is 0 Å². The van der Waals surface area contributed by atoms with Crippen LogP contribution < -0.4 is 11.1 Å². The number of hydrogen-bond acceptors (Lipinski definition) is 2. The van der Waals surface area contributed by atoms with E-state index >= 15 is 0 Å². The zero-order chi connectivity index (χ0) is 11.4. The molecule has 0 radical (unpaired) electrons. The van der Waals surface area contributed by atoms with Gasteiger partial charge in [-0.25, -0.2) is 0 Å². The number of nitrogens with one attached hydrogen (secondary N) is 1. The maximum Gasteiger partial charge on any atom is 0.231 e. The van der Waals surface area contributed by atoms with Gasteiger partial charge in [0.25, 0.3) is 0 Å². The second-order valence-corrected chi connectivity index (χ2v) is 3.91. The van der Waals surface area contributed by atoms with Crippen molar-refractivity contribution in [1.29, 1.82) is 0 Å². The van der Waals surface area contributed by atoms with Crippen molar-refractivity contribution in [3.8, 4) is 0 Å². The van der Waals surface area contributed by atoms with Crippen molar-refractivity contribution >= 4 is 5.91 Å². The first-order valence-electron chi connectivity index (χ1n) is 5.09. The summed E-state index contributed by atoms with van der Waals surface area (Å²) in [4.78, 5) is 10.6. The van der Waals surface area contributed by atoms with E-state index in [0.717, 1.165) is 0 Å². The van der Waals surface area contributed by atoms with Gasteiger partial charge in [-0.3, -0.25) is 4.79 Å². The number of benzene rings is 1. The lowest BCUT2D eigenvalue weighted by Crippen LogP contribution is -2.30. The van der Waals surface area contributed by atoms with Gasteiger partial charge in [-0.2, -0.15) is 0 Å². The first kappa shape index (κ1) is 11.7. The molecule has 0 aliphatic carbocycles. The number of carbonyl (C=O) groups is 1. The van der Waals surface area contributed by atoms with Crippen molar-refractivity contribution in [2.75, 3.05) is 6.54 Å². The lowest BCUT2D eigenvalue weighted by molar-refractivity contribution is -0.117. The van der Waals surface area contributed by atoms with Gasteiger partial charge in [-0.15, -0.1) is 0 Å². The molecule has 1 amide bonds. The van der Waals surface area contributed by atoms with Crippen LogP contribution in [0.4, 0.5) is 0 Å². The Morgan fingerprint density at radius 2 is 2.07 bits per heavy atom. The van der Waals surface area contributed by atoms with Crippen LogP contribution in [-0.4, -0.2) is 12.5 Å². The van der Waals surface area contributed by atoms with Crippen LogP contribution in [-0.2, 0) is 4.79 Å². The van der Waals surface area contributed by atoms with Crippen molar-refractivity contribution in [1.82, 2.24) is 5.32 Å². The number of rotatable bonds is 4. The molecule has 0 saturated heterocycles. The third kappa shape index (κ3) is 3.36. The van der Waals surface area contributed by atoms with E-state index in [-0.39, 0.29) is 18.5 Å². The third-order valence-corrected chi connectivity index (χ3v) is 2.61. The van der Waals surface area contributed by atoms with Gasteiger partial charge in [0.2, 0.25) is 5.91 Å². The molecule has 0 aromatic heterocycles. The van der Waals surface area contributed by atoms with Crippen LogP contribution in [0.1, 0.15) is 29.7 Å². The smallest absolute Gasteiger partial charge is 0.231 e. The fourth-order valence-electron chi connectivity index (χ4n) is 1.41. The predicted octanol–water partition coefficient (Wildman–Crippen LogP) is 1.44. The molecule has 0 unspecified atom stereocenters. The van der Waals surface area contributed by atoms with E-state index in [4.69, 9.17) is 5.73 Å². The summed E-state index contributed by atoms with van der Waals surface area (Å²) in [5.41, 5.74) is 8.79. The monoisotopic (exact) mass is 206 g/mol. The molecule has 3 heteroatoms. The maximum absolute atomic E-state index is 10.6. The van der Waals surface area contributed by atoms with Gasteiger partial charge in [0, 0.05) is 6.04 Å². The Bertz CT molecular complexity index is 361. The third-order valence-electron chi connectivity index (χ3n) is 2.61.